The Balaban J connectivity index is 1.42. The molecule has 0 N–H and O–H groups in total. The molecule has 0 aliphatic rings. The average Bonchev–Trinajstić information content (AvgIpc) is 3.51. The van der Waals surface area contributed by atoms with E-state index < -0.39 is 0 Å². The average molecular weight is 430 g/mol. The van der Waals surface area contributed by atoms with E-state index in [0.29, 0.717) is 22.6 Å². The fourth-order valence-corrected chi connectivity index (χ4v) is 4.18. The van der Waals surface area contributed by atoms with Gasteiger partial charge in [-0.05, 0) is 11.4 Å². The molecule has 0 unspecified atom stereocenters. The summed E-state index contributed by atoms with van der Waals surface area (Å²) in [7, 11) is 0. The maximum Gasteiger partial charge on any atom is 0.268 e. The Hall–Kier alpha value is -3.36. The van der Waals surface area contributed by atoms with Gasteiger partial charge in [0.25, 0.3) is 5.89 Å². The zero-order valence-electron chi connectivity index (χ0n) is 15.7. The minimum Gasteiger partial charge on any atom is -0.333 e. The van der Waals surface area contributed by atoms with Crippen LogP contribution in [0.1, 0.15) is 5.82 Å². The first-order valence-electron chi connectivity index (χ1n) is 9.21. The normalized spacial score (nSPS) is 10.9. The highest BCUT2D eigenvalue weighted by Gasteiger charge is 2.15. The Morgan fingerprint density at radius 3 is 2.20 bits per heavy atom. The SMILES string of the molecule is c1ccc(-c2nnc(SCc3noc(-c4cccs4)n3)nc2-c2ccccc2)cc1. The molecular weight excluding hydrogens is 414 g/mol. The molecule has 0 spiro atoms. The van der Waals surface area contributed by atoms with Crippen LogP contribution in [-0.4, -0.2) is 25.3 Å². The number of nitrogens with zero attached hydrogens (tertiary/aromatic N) is 5. The van der Waals surface area contributed by atoms with Gasteiger partial charge in [0, 0.05) is 11.1 Å². The van der Waals surface area contributed by atoms with Crippen LogP contribution in [0.4, 0.5) is 0 Å². The summed E-state index contributed by atoms with van der Waals surface area (Å²) in [5.74, 6) is 1.62. The summed E-state index contributed by atoms with van der Waals surface area (Å²) in [5.41, 5.74) is 3.52. The fourth-order valence-electron chi connectivity index (χ4n) is 2.90. The van der Waals surface area contributed by atoms with Crippen molar-refractivity contribution >= 4 is 23.1 Å². The van der Waals surface area contributed by atoms with Crippen LogP contribution in [0.25, 0.3) is 33.3 Å². The second kappa shape index (κ2) is 8.56. The van der Waals surface area contributed by atoms with Crippen molar-refractivity contribution in [3.05, 3.63) is 84.0 Å². The van der Waals surface area contributed by atoms with Crippen molar-refractivity contribution in [2.75, 3.05) is 0 Å². The number of hydrogen-bond acceptors (Lipinski definition) is 8. The second-order valence-corrected chi connectivity index (χ2v) is 8.20. The lowest BCUT2D eigenvalue weighted by molar-refractivity contribution is 0.426. The van der Waals surface area contributed by atoms with Crippen molar-refractivity contribution in [2.45, 2.75) is 10.9 Å². The molecule has 30 heavy (non-hydrogen) atoms. The van der Waals surface area contributed by atoms with E-state index in [0.717, 1.165) is 27.4 Å². The van der Waals surface area contributed by atoms with E-state index in [1.54, 1.807) is 11.3 Å². The Morgan fingerprint density at radius 2 is 1.50 bits per heavy atom. The smallest absolute Gasteiger partial charge is 0.268 e. The summed E-state index contributed by atoms with van der Waals surface area (Å²) >= 11 is 3.00. The van der Waals surface area contributed by atoms with Gasteiger partial charge in [-0.25, -0.2) is 4.98 Å². The molecule has 6 nitrogen and oxygen atoms in total. The highest BCUT2D eigenvalue weighted by molar-refractivity contribution is 7.98. The van der Waals surface area contributed by atoms with Gasteiger partial charge < -0.3 is 4.52 Å². The van der Waals surface area contributed by atoms with Gasteiger partial charge >= 0.3 is 0 Å². The van der Waals surface area contributed by atoms with Gasteiger partial charge in [-0.3, -0.25) is 0 Å². The monoisotopic (exact) mass is 429 g/mol. The van der Waals surface area contributed by atoms with E-state index in [-0.39, 0.29) is 0 Å². The molecule has 0 aliphatic heterocycles. The molecule has 5 aromatic rings. The lowest BCUT2D eigenvalue weighted by atomic mass is 10.0. The summed E-state index contributed by atoms with van der Waals surface area (Å²) in [4.78, 5) is 10.2. The first-order chi connectivity index (χ1) is 14.9. The third kappa shape index (κ3) is 4.00. The number of hydrogen-bond donors (Lipinski definition) is 0. The molecular formula is C22H15N5OS2. The maximum atomic E-state index is 5.35. The summed E-state index contributed by atoms with van der Waals surface area (Å²) in [5, 5.41) is 15.4. The quantitative estimate of drug-likeness (QED) is 0.325. The first-order valence-corrected chi connectivity index (χ1v) is 11.1. The largest absolute Gasteiger partial charge is 0.333 e. The minimum atomic E-state index is 0.496. The zero-order valence-corrected chi connectivity index (χ0v) is 17.3. The predicted molar refractivity (Wildman–Crippen MR) is 118 cm³/mol. The van der Waals surface area contributed by atoms with Crippen LogP contribution in [-0.2, 0) is 5.75 Å². The van der Waals surface area contributed by atoms with E-state index in [1.807, 2.05) is 78.2 Å². The summed E-state index contributed by atoms with van der Waals surface area (Å²) in [6.07, 6.45) is 0. The molecule has 0 saturated heterocycles. The molecule has 8 heteroatoms. The molecule has 3 aromatic heterocycles. The van der Waals surface area contributed by atoms with Crippen molar-refractivity contribution in [1.29, 1.82) is 0 Å². The van der Waals surface area contributed by atoms with Crippen molar-refractivity contribution in [3.8, 4) is 33.3 Å². The molecule has 0 amide bonds. The molecule has 146 valence electrons. The molecule has 3 heterocycles. The standard InChI is InChI=1S/C22H15N5OS2/c1-3-8-15(9-4-1)19-20(16-10-5-2-6-11-16)25-26-22(24-19)30-14-18-23-21(28-27-18)17-12-7-13-29-17/h1-13H,14H2. The van der Waals surface area contributed by atoms with Gasteiger partial charge in [-0.1, -0.05) is 83.6 Å². The molecule has 5 rings (SSSR count). The van der Waals surface area contributed by atoms with Crippen molar-refractivity contribution in [3.63, 3.8) is 0 Å². The number of rotatable bonds is 6. The van der Waals surface area contributed by atoms with Gasteiger partial charge in [0.2, 0.25) is 5.16 Å². The zero-order chi connectivity index (χ0) is 20.2. The van der Waals surface area contributed by atoms with Crippen LogP contribution < -0.4 is 0 Å². The van der Waals surface area contributed by atoms with E-state index in [2.05, 4.69) is 20.3 Å². The predicted octanol–water partition coefficient (Wildman–Crippen LogP) is 5.61. The Morgan fingerprint density at radius 1 is 0.767 bits per heavy atom. The number of thiophene rings is 1. The van der Waals surface area contributed by atoms with E-state index in [9.17, 15) is 0 Å². The first kappa shape index (κ1) is 18.7. The molecule has 0 radical (unpaired) electrons. The van der Waals surface area contributed by atoms with Crippen LogP contribution in [0.3, 0.4) is 0 Å². The second-order valence-electron chi connectivity index (χ2n) is 6.31. The van der Waals surface area contributed by atoms with Gasteiger partial charge in [-0.2, -0.15) is 4.98 Å². The van der Waals surface area contributed by atoms with Crippen LogP contribution >= 0.6 is 23.1 Å². The van der Waals surface area contributed by atoms with Gasteiger partial charge in [0.15, 0.2) is 5.82 Å². The third-order valence-corrected chi connectivity index (χ3v) is 5.98. The van der Waals surface area contributed by atoms with Crippen LogP contribution in [0.2, 0.25) is 0 Å². The van der Waals surface area contributed by atoms with E-state index in [1.165, 1.54) is 11.8 Å². The lowest BCUT2D eigenvalue weighted by Crippen LogP contribution is -1.99. The number of aromatic nitrogens is 5. The summed E-state index contributed by atoms with van der Waals surface area (Å²) < 4.78 is 5.35. The number of benzene rings is 2. The maximum absolute atomic E-state index is 5.35. The van der Waals surface area contributed by atoms with Crippen molar-refractivity contribution in [1.82, 2.24) is 25.3 Å². The molecule has 0 atom stereocenters. The molecule has 0 fully saturated rings. The Kier molecular flexibility index (Phi) is 5.32. The summed E-state index contributed by atoms with van der Waals surface area (Å²) in [6, 6.07) is 23.9. The third-order valence-electron chi connectivity index (χ3n) is 4.29. The van der Waals surface area contributed by atoms with Crippen molar-refractivity contribution in [2.24, 2.45) is 0 Å². The van der Waals surface area contributed by atoms with E-state index >= 15 is 0 Å². The van der Waals surface area contributed by atoms with Gasteiger partial charge in [-0.15, -0.1) is 21.5 Å². The van der Waals surface area contributed by atoms with Crippen LogP contribution in [0, 0.1) is 0 Å². The summed E-state index contributed by atoms with van der Waals surface area (Å²) in [6.45, 7) is 0. The van der Waals surface area contributed by atoms with Gasteiger partial charge in [0.1, 0.15) is 11.4 Å². The molecule has 0 bridgehead atoms. The molecule has 0 saturated carbocycles. The Bertz CT molecular complexity index is 1240. The fraction of sp³-hybridized carbons (Fsp3) is 0.0455. The van der Waals surface area contributed by atoms with Gasteiger partial charge in [0.05, 0.1) is 10.6 Å². The van der Waals surface area contributed by atoms with Crippen LogP contribution in [0.5, 0.6) is 0 Å². The van der Waals surface area contributed by atoms with Crippen LogP contribution in [0.15, 0.2) is 87.9 Å². The van der Waals surface area contributed by atoms with E-state index in [4.69, 9.17) is 9.51 Å². The van der Waals surface area contributed by atoms with Crippen molar-refractivity contribution < 1.29 is 4.52 Å². The lowest BCUT2D eigenvalue weighted by Gasteiger charge is -2.09. The molecule has 2 aromatic carbocycles. The highest BCUT2D eigenvalue weighted by atomic mass is 32.2. The minimum absolute atomic E-state index is 0.496. The Labute approximate surface area is 181 Å². The topological polar surface area (TPSA) is 77.6 Å². The highest BCUT2D eigenvalue weighted by Crippen LogP contribution is 2.30. The number of thioether (sulfide) groups is 1. The molecule has 0 aliphatic carbocycles.